The molecule has 0 saturated carbocycles. The normalized spacial score (nSPS) is 26.7. The summed E-state index contributed by atoms with van der Waals surface area (Å²) in [6.07, 6.45) is 3.30. The Labute approximate surface area is 183 Å². The molecular weight excluding hydrogens is 394 g/mol. The van der Waals surface area contributed by atoms with E-state index in [4.69, 9.17) is 4.74 Å². The van der Waals surface area contributed by atoms with Crippen molar-refractivity contribution in [2.45, 2.75) is 43.9 Å². The number of piperazine rings is 1. The smallest absolute Gasteiger partial charge is 0.237 e. The van der Waals surface area contributed by atoms with Crippen LogP contribution in [0.25, 0.3) is 0 Å². The minimum atomic E-state index is -0.0106. The molecule has 0 bridgehead atoms. The van der Waals surface area contributed by atoms with Gasteiger partial charge in [0.1, 0.15) is 0 Å². The summed E-state index contributed by atoms with van der Waals surface area (Å²) in [5.74, 6) is 0.261. The quantitative estimate of drug-likeness (QED) is 0.737. The summed E-state index contributed by atoms with van der Waals surface area (Å²) in [7, 11) is 0. The number of ether oxygens (including phenoxy) is 1. The van der Waals surface area contributed by atoms with Gasteiger partial charge in [0.2, 0.25) is 5.91 Å². The zero-order valence-electron chi connectivity index (χ0n) is 17.5. The van der Waals surface area contributed by atoms with Crippen molar-refractivity contribution in [3.05, 3.63) is 58.3 Å². The molecule has 6 heteroatoms. The number of piperidine rings is 1. The summed E-state index contributed by atoms with van der Waals surface area (Å²) in [5, 5.41) is 2.16. The highest BCUT2D eigenvalue weighted by Gasteiger charge is 2.49. The van der Waals surface area contributed by atoms with Gasteiger partial charge >= 0.3 is 0 Å². The number of thiophene rings is 1. The first-order valence-corrected chi connectivity index (χ1v) is 12.0. The standard InChI is InChI=1S/C24H31N3O2S/c28-23-17-27(21-8-11-25(12-9-21)16-22-7-4-14-30-22)24(10-13-29-19-24)18-26(23)15-20-5-2-1-3-6-20/h1-7,14,21H,8-13,15-19H2. The topological polar surface area (TPSA) is 36.0 Å². The van der Waals surface area contributed by atoms with Crippen molar-refractivity contribution in [3.8, 4) is 0 Å². The van der Waals surface area contributed by atoms with Gasteiger partial charge in [-0.25, -0.2) is 0 Å². The number of hydrogen-bond acceptors (Lipinski definition) is 5. The lowest BCUT2D eigenvalue weighted by Crippen LogP contribution is -2.68. The van der Waals surface area contributed by atoms with Gasteiger partial charge in [0.25, 0.3) is 0 Å². The molecule has 1 amide bonds. The van der Waals surface area contributed by atoms with Gasteiger partial charge in [-0.2, -0.15) is 0 Å². The molecule has 160 valence electrons. The lowest BCUT2D eigenvalue weighted by molar-refractivity contribution is -0.148. The predicted octanol–water partition coefficient (Wildman–Crippen LogP) is 3.22. The Balaban J connectivity index is 1.25. The first-order chi connectivity index (χ1) is 14.7. The molecule has 1 aromatic carbocycles. The van der Waals surface area contributed by atoms with Gasteiger partial charge in [0.05, 0.1) is 18.7 Å². The fourth-order valence-electron chi connectivity index (χ4n) is 5.37. The van der Waals surface area contributed by atoms with Gasteiger partial charge < -0.3 is 9.64 Å². The number of benzene rings is 1. The van der Waals surface area contributed by atoms with E-state index < -0.39 is 0 Å². The Kier molecular flexibility index (Phi) is 5.92. The molecular formula is C24H31N3O2S. The maximum Gasteiger partial charge on any atom is 0.237 e. The van der Waals surface area contributed by atoms with Gasteiger partial charge in [0, 0.05) is 50.2 Å². The molecule has 3 aliphatic rings. The van der Waals surface area contributed by atoms with Crippen LogP contribution in [0.2, 0.25) is 0 Å². The van der Waals surface area contributed by atoms with Gasteiger partial charge in [0.15, 0.2) is 0 Å². The second kappa shape index (κ2) is 8.79. The Morgan fingerprint density at radius 2 is 1.90 bits per heavy atom. The molecule has 4 heterocycles. The van der Waals surface area contributed by atoms with E-state index in [0.717, 1.165) is 58.7 Å². The second-order valence-electron chi connectivity index (χ2n) is 8.98. The van der Waals surface area contributed by atoms with Crippen molar-refractivity contribution >= 4 is 17.2 Å². The van der Waals surface area contributed by atoms with Crippen molar-refractivity contribution in [1.82, 2.24) is 14.7 Å². The molecule has 5 nitrogen and oxygen atoms in total. The van der Waals surface area contributed by atoms with Crippen molar-refractivity contribution in [3.63, 3.8) is 0 Å². The first-order valence-electron chi connectivity index (χ1n) is 11.1. The van der Waals surface area contributed by atoms with Crippen LogP contribution in [0.5, 0.6) is 0 Å². The van der Waals surface area contributed by atoms with Crippen molar-refractivity contribution in [1.29, 1.82) is 0 Å². The highest BCUT2D eigenvalue weighted by molar-refractivity contribution is 7.09. The molecule has 3 fully saturated rings. The SMILES string of the molecule is O=C1CN(C2CCN(Cc3cccs3)CC2)C2(CCOC2)CN1Cc1ccccc1. The van der Waals surface area contributed by atoms with Crippen LogP contribution in [0.1, 0.15) is 29.7 Å². The third-order valence-electron chi connectivity index (χ3n) is 7.01. The summed E-state index contributed by atoms with van der Waals surface area (Å²) in [6, 6.07) is 15.2. The summed E-state index contributed by atoms with van der Waals surface area (Å²) in [4.78, 5) is 21.7. The molecule has 2 aromatic rings. The van der Waals surface area contributed by atoms with Gasteiger partial charge in [-0.1, -0.05) is 36.4 Å². The Morgan fingerprint density at radius 3 is 2.60 bits per heavy atom. The van der Waals surface area contributed by atoms with Crippen molar-refractivity contribution in [2.24, 2.45) is 0 Å². The van der Waals surface area contributed by atoms with Crippen LogP contribution in [0.4, 0.5) is 0 Å². The third kappa shape index (κ3) is 4.19. The lowest BCUT2D eigenvalue weighted by atomic mass is 9.88. The average Bonchev–Trinajstić information content (AvgIpc) is 3.45. The molecule has 1 atom stereocenters. The summed E-state index contributed by atoms with van der Waals surface area (Å²) in [6.45, 7) is 6.86. The van der Waals surface area contributed by atoms with E-state index in [1.54, 1.807) is 0 Å². The molecule has 1 spiro atoms. The third-order valence-corrected chi connectivity index (χ3v) is 7.87. The molecule has 1 aromatic heterocycles. The van der Waals surface area contributed by atoms with Crippen LogP contribution in [-0.2, 0) is 22.6 Å². The minimum Gasteiger partial charge on any atom is -0.379 e. The molecule has 5 rings (SSSR count). The maximum atomic E-state index is 13.1. The van der Waals surface area contributed by atoms with E-state index in [2.05, 4.69) is 56.5 Å². The lowest BCUT2D eigenvalue weighted by Gasteiger charge is -2.52. The molecule has 1 unspecified atom stereocenters. The number of nitrogens with zero attached hydrogens (tertiary/aromatic N) is 3. The van der Waals surface area contributed by atoms with Gasteiger partial charge in [-0.3, -0.25) is 14.6 Å². The van der Waals surface area contributed by atoms with E-state index in [9.17, 15) is 4.79 Å². The Morgan fingerprint density at radius 1 is 1.07 bits per heavy atom. The molecule has 30 heavy (non-hydrogen) atoms. The van der Waals surface area contributed by atoms with E-state index in [1.165, 1.54) is 10.4 Å². The van der Waals surface area contributed by atoms with Crippen molar-refractivity contribution < 1.29 is 9.53 Å². The number of rotatable bonds is 5. The van der Waals surface area contributed by atoms with Gasteiger partial charge in [-0.15, -0.1) is 11.3 Å². The van der Waals surface area contributed by atoms with E-state index >= 15 is 0 Å². The average molecular weight is 426 g/mol. The van der Waals surface area contributed by atoms with Crippen LogP contribution in [0.15, 0.2) is 47.8 Å². The van der Waals surface area contributed by atoms with E-state index in [1.807, 2.05) is 17.4 Å². The number of hydrogen-bond donors (Lipinski definition) is 0. The van der Waals surface area contributed by atoms with E-state index in [0.29, 0.717) is 19.1 Å². The zero-order valence-corrected chi connectivity index (χ0v) is 18.4. The fraction of sp³-hybridized carbons (Fsp3) is 0.542. The number of carbonyl (C=O) groups excluding carboxylic acids is 1. The maximum absolute atomic E-state index is 13.1. The van der Waals surface area contributed by atoms with Crippen LogP contribution in [0.3, 0.4) is 0 Å². The van der Waals surface area contributed by atoms with Crippen molar-refractivity contribution in [2.75, 3.05) is 39.4 Å². The molecule has 3 aliphatic heterocycles. The summed E-state index contributed by atoms with van der Waals surface area (Å²) >= 11 is 1.84. The monoisotopic (exact) mass is 425 g/mol. The van der Waals surface area contributed by atoms with Crippen LogP contribution in [-0.4, -0.2) is 71.6 Å². The number of likely N-dealkylation sites (tertiary alicyclic amines) is 1. The number of carbonyl (C=O) groups is 1. The second-order valence-corrected chi connectivity index (χ2v) is 10.0. The highest BCUT2D eigenvalue weighted by atomic mass is 32.1. The van der Waals surface area contributed by atoms with Crippen LogP contribution >= 0.6 is 11.3 Å². The zero-order chi connectivity index (χ0) is 20.4. The molecule has 0 aliphatic carbocycles. The summed E-state index contributed by atoms with van der Waals surface area (Å²) in [5.41, 5.74) is 1.19. The van der Waals surface area contributed by atoms with E-state index in [-0.39, 0.29) is 11.4 Å². The minimum absolute atomic E-state index is 0.0106. The highest BCUT2D eigenvalue weighted by Crippen LogP contribution is 2.36. The van der Waals surface area contributed by atoms with Gasteiger partial charge in [-0.05, 0) is 36.3 Å². The van der Waals surface area contributed by atoms with Crippen LogP contribution in [0, 0.1) is 0 Å². The Hall–Kier alpha value is -1.73. The largest absolute Gasteiger partial charge is 0.379 e. The fourth-order valence-corrected chi connectivity index (χ4v) is 6.12. The molecule has 0 N–H and O–H groups in total. The first kappa shape index (κ1) is 20.2. The number of amides is 1. The van der Waals surface area contributed by atoms with Crippen LogP contribution < -0.4 is 0 Å². The summed E-state index contributed by atoms with van der Waals surface area (Å²) < 4.78 is 5.90. The molecule has 0 radical (unpaired) electrons. The molecule has 3 saturated heterocycles. The Bertz CT molecular complexity index is 827. The predicted molar refractivity (Wildman–Crippen MR) is 119 cm³/mol.